The van der Waals surface area contributed by atoms with Crippen molar-refractivity contribution in [1.29, 1.82) is 0 Å². The number of hydrogen-bond acceptors (Lipinski definition) is 1. The molecule has 118 valence electrons. The van der Waals surface area contributed by atoms with Gasteiger partial charge >= 0.3 is 0 Å². The van der Waals surface area contributed by atoms with Crippen molar-refractivity contribution in [1.82, 2.24) is 0 Å². The van der Waals surface area contributed by atoms with Crippen molar-refractivity contribution in [2.75, 3.05) is 5.75 Å². The first-order valence-electron chi connectivity index (χ1n) is 8.35. The van der Waals surface area contributed by atoms with E-state index >= 15 is 0 Å². The van der Waals surface area contributed by atoms with Gasteiger partial charge in [-0.25, -0.2) is 0 Å². The molecule has 22 heavy (non-hydrogen) atoms. The van der Waals surface area contributed by atoms with E-state index in [1.807, 2.05) is 11.8 Å². The SMILES string of the molecule is Cc1ccc(C(C)CCCSc2ccc(C(C)C)cc2)cc1. The normalized spacial score (nSPS) is 12.6. The second-order valence-corrected chi connectivity index (χ2v) is 7.69. The second-order valence-electron chi connectivity index (χ2n) is 6.53. The predicted octanol–water partition coefficient (Wildman–Crippen LogP) is 6.79. The van der Waals surface area contributed by atoms with E-state index in [0.717, 1.165) is 0 Å². The Morgan fingerprint density at radius 1 is 0.818 bits per heavy atom. The lowest BCUT2D eigenvalue weighted by atomic mass is 9.96. The smallest absolute Gasteiger partial charge is 0.00721 e. The van der Waals surface area contributed by atoms with Gasteiger partial charge in [0.2, 0.25) is 0 Å². The van der Waals surface area contributed by atoms with Gasteiger partial charge in [0.25, 0.3) is 0 Å². The highest BCUT2D eigenvalue weighted by Crippen LogP contribution is 2.25. The number of thioether (sulfide) groups is 1. The van der Waals surface area contributed by atoms with E-state index < -0.39 is 0 Å². The molecular weight excluding hydrogens is 284 g/mol. The predicted molar refractivity (Wildman–Crippen MR) is 100 cm³/mol. The molecule has 0 amide bonds. The van der Waals surface area contributed by atoms with E-state index in [0.29, 0.717) is 11.8 Å². The van der Waals surface area contributed by atoms with Gasteiger partial charge in [0.05, 0.1) is 0 Å². The van der Waals surface area contributed by atoms with Crippen molar-refractivity contribution in [3.8, 4) is 0 Å². The summed E-state index contributed by atoms with van der Waals surface area (Å²) in [5.41, 5.74) is 4.24. The fraction of sp³-hybridized carbons (Fsp3) is 0.429. The zero-order chi connectivity index (χ0) is 15.9. The van der Waals surface area contributed by atoms with Crippen LogP contribution < -0.4 is 0 Å². The molecule has 0 aliphatic heterocycles. The minimum Gasteiger partial charge on any atom is -0.126 e. The quantitative estimate of drug-likeness (QED) is 0.400. The monoisotopic (exact) mass is 312 g/mol. The molecule has 0 aromatic heterocycles. The molecule has 1 atom stereocenters. The molecule has 0 nitrogen and oxygen atoms in total. The van der Waals surface area contributed by atoms with Crippen LogP contribution in [0.25, 0.3) is 0 Å². The summed E-state index contributed by atoms with van der Waals surface area (Å²) in [4.78, 5) is 1.40. The van der Waals surface area contributed by atoms with Gasteiger partial charge in [0.1, 0.15) is 0 Å². The summed E-state index contributed by atoms with van der Waals surface area (Å²) in [5, 5.41) is 0. The molecule has 0 aliphatic rings. The molecule has 1 unspecified atom stereocenters. The van der Waals surface area contributed by atoms with E-state index in [2.05, 4.69) is 76.2 Å². The molecule has 0 radical (unpaired) electrons. The highest BCUT2D eigenvalue weighted by Gasteiger charge is 2.05. The molecule has 2 aromatic carbocycles. The van der Waals surface area contributed by atoms with E-state index in [1.165, 1.54) is 40.2 Å². The number of hydrogen-bond donors (Lipinski definition) is 0. The van der Waals surface area contributed by atoms with Crippen LogP contribution >= 0.6 is 11.8 Å². The first-order valence-corrected chi connectivity index (χ1v) is 9.34. The van der Waals surface area contributed by atoms with E-state index in [-0.39, 0.29) is 0 Å². The number of rotatable bonds is 7. The highest BCUT2D eigenvalue weighted by atomic mass is 32.2. The Morgan fingerprint density at radius 3 is 2.00 bits per heavy atom. The van der Waals surface area contributed by atoms with Crippen LogP contribution in [0.2, 0.25) is 0 Å². The Bertz CT molecular complexity index is 551. The first-order chi connectivity index (χ1) is 10.6. The Kier molecular flexibility index (Phi) is 6.57. The maximum atomic E-state index is 2.34. The third-order valence-corrected chi connectivity index (χ3v) is 5.34. The van der Waals surface area contributed by atoms with Crippen molar-refractivity contribution in [3.05, 3.63) is 65.2 Å². The van der Waals surface area contributed by atoms with Crippen LogP contribution in [0, 0.1) is 6.92 Å². The molecule has 0 aliphatic carbocycles. The number of aryl methyl sites for hydroxylation is 1. The summed E-state index contributed by atoms with van der Waals surface area (Å²) in [6.45, 7) is 8.98. The van der Waals surface area contributed by atoms with Crippen LogP contribution in [0.3, 0.4) is 0 Å². The standard InChI is InChI=1S/C21H28S/c1-16(2)19-11-13-21(14-12-19)22-15-5-6-18(4)20-9-7-17(3)8-10-20/h7-14,16,18H,5-6,15H2,1-4H3. The molecule has 0 fully saturated rings. The molecule has 0 bridgehead atoms. The van der Waals surface area contributed by atoms with Gasteiger partial charge in [-0.15, -0.1) is 11.8 Å². The van der Waals surface area contributed by atoms with Crippen LogP contribution in [-0.2, 0) is 0 Å². The molecule has 0 spiro atoms. The maximum Gasteiger partial charge on any atom is 0.00721 e. The summed E-state index contributed by atoms with van der Waals surface area (Å²) in [6, 6.07) is 18.1. The largest absolute Gasteiger partial charge is 0.126 e. The van der Waals surface area contributed by atoms with Crippen LogP contribution in [-0.4, -0.2) is 5.75 Å². The van der Waals surface area contributed by atoms with E-state index in [4.69, 9.17) is 0 Å². The van der Waals surface area contributed by atoms with Crippen molar-refractivity contribution >= 4 is 11.8 Å². The first kappa shape index (κ1) is 17.1. The van der Waals surface area contributed by atoms with E-state index in [1.54, 1.807) is 0 Å². The molecule has 0 heterocycles. The summed E-state index contributed by atoms with van der Waals surface area (Å²) in [5.74, 6) is 2.48. The molecule has 0 saturated carbocycles. The van der Waals surface area contributed by atoms with Gasteiger partial charge in [0.15, 0.2) is 0 Å². The van der Waals surface area contributed by atoms with Crippen molar-refractivity contribution in [3.63, 3.8) is 0 Å². The second kappa shape index (κ2) is 8.43. The lowest BCUT2D eigenvalue weighted by Crippen LogP contribution is -1.95. The minimum atomic E-state index is 0.620. The van der Waals surface area contributed by atoms with Crippen LogP contribution in [0.15, 0.2) is 53.4 Å². The average Bonchev–Trinajstić information content (AvgIpc) is 2.52. The lowest BCUT2D eigenvalue weighted by molar-refractivity contribution is 0.669. The van der Waals surface area contributed by atoms with Gasteiger partial charge in [-0.2, -0.15) is 0 Å². The summed E-state index contributed by atoms with van der Waals surface area (Å²) < 4.78 is 0. The zero-order valence-corrected chi connectivity index (χ0v) is 15.1. The minimum absolute atomic E-state index is 0.620. The molecule has 0 N–H and O–H groups in total. The summed E-state index contributed by atoms with van der Waals surface area (Å²) in [7, 11) is 0. The Hall–Kier alpha value is -1.21. The Balaban J connectivity index is 1.73. The molecular formula is C21H28S. The highest BCUT2D eigenvalue weighted by molar-refractivity contribution is 7.99. The van der Waals surface area contributed by atoms with E-state index in [9.17, 15) is 0 Å². The van der Waals surface area contributed by atoms with Crippen LogP contribution in [0.4, 0.5) is 0 Å². The molecule has 2 rings (SSSR count). The fourth-order valence-corrected chi connectivity index (χ4v) is 3.47. The summed E-state index contributed by atoms with van der Waals surface area (Å²) >= 11 is 1.98. The maximum absolute atomic E-state index is 2.34. The molecule has 2 aromatic rings. The van der Waals surface area contributed by atoms with Crippen LogP contribution in [0.1, 0.15) is 62.1 Å². The topological polar surface area (TPSA) is 0 Å². The Labute approximate surface area is 140 Å². The van der Waals surface area contributed by atoms with Gasteiger partial charge in [-0.3, -0.25) is 0 Å². The fourth-order valence-electron chi connectivity index (χ4n) is 2.59. The van der Waals surface area contributed by atoms with Gasteiger partial charge < -0.3 is 0 Å². The van der Waals surface area contributed by atoms with Crippen molar-refractivity contribution in [2.45, 2.75) is 57.3 Å². The molecule has 1 heteroatoms. The van der Waals surface area contributed by atoms with Crippen molar-refractivity contribution < 1.29 is 0 Å². The van der Waals surface area contributed by atoms with Gasteiger partial charge in [-0.1, -0.05) is 62.7 Å². The third-order valence-electron chi connectivity index (χ3n) is 4.24. The lowest BCUT2D eigenvalue weighted by Gasteiger charge is -2.12. The summed E-state index contributed by atoms with van der Waals surface area (Å²) in [6.07, 6.45) is 2.53. The Morgan fingerprint density at radius 2 is 1.41 bits per heavy atom. The molecule has 0 saturated heterocycles. The number of benzene rings is 2. The zero-order valence-electron chi connectivity index (χ0n) is 14.3. The van der Waals surface area contributed by atoms with Gasteiger partial charge in [0, 0.05) is 4.90 Å². The third kappa shape index (κ3) is 5.21. The van der Waals surface area contributed by atoms with Crippen LogP contribution in [0.5, 0.6) is 0 Å². The van der Waals surface area contributed by atoms with Crippen molar-refractivity contribution in [2.24, 2.45) is 0 Å². The van der Waals surface area contributed by atoms with Gasteiger partial charge in [-0.05, 0) is 60.6 Å². The average molecular weight is 313 g/mol.